The maximum absolute atomic E-state index is 12.4. The van der Waals surface area contributed by atoms with Crippen LogP contribution in [0.25, 0.3) is 11.3 Å². The van der Waals surface area contributed by atoms with E-state index >= 15 is 0 Å². The first kappa shape index (κ1) is 21.9. The second-order valence-corrected chi connectivity index (χ2v) is 7.83. The fourth-order valence-corrected chi connectivity index (χ4v) is 3.98. The van der Waals surface area contributed by atoms with Crippen LogP contribution in [0.15, 0.2) is 47.3 Å². The van der Waals surface area contributed by atoms with Gasteiger partial charge in [0.05, 0.1) is 38.7 Å². The number of ether oxygens (including phenoxy) is 1. The van der Waals surface area contributed by atoms with E-state index in [9.17, 15) is 14.5 Å². The molecule has 1 N–H and O–H groups in total. The highest BCUT2D eigenvalue weighted by Gasteiger charge is 2.21. The van der Waals surface area contributed by atoms with Gasteiger partial charge < -0.3 is 18.9 Å². The number of hydrogen-bond acceptors (Lipinski definition) is 7. The molecular weight excluding hydrogens is 383 g/mol. The molecular formula is C19H25N2O6P. The molecule has 28 heavy (non-hydrogen) atoms. The second-order valence-electron chi connectivity index (χ2n) is 5.73. The normalized spacial score (nSPS) is 11.8. The van der Waals surface area contributed by atoms with Crippen molar-refractivity contribution in [1.82, 2.24) is 9.78 Å². The first-order chi connectivity index (χ1) is 13.4. The fraction of sp³-hybridized carbons (Fsp3) is 0.368. The predicted molar refractivity (Wildman–Crippen MR) is 107 cm³/mol. The molecule has 0 aliphatic carbocycles. The molecule has 0 aliphatic heterocycles. The molecule has 152 valence electrons. The molecule has 0 amide bonds. The average Bonchev–Trinajstić information content (AvgIpc) is 2.67. The third-order valence-electron chi connectivity index (χ3n) is 3.77. The van der Waals surface area contributed by atoms with Gasteiger partial charge in [0.25, 0.3) is 5.56 Å². The van der Waals surface area contributed by atoms with E-state index in [4.69, 9.17) is 13.8 Å². The van der Waals surface area contributed by atoms with Crippen LogP contribution in [0.1, 0.15) is 13.8 Å². The molecule has 2 aromatic rings. The molecule has 0 fully saturated rings. The van der Waals surface area contributed by atoms with Crippen molar-refractivity contribution in [3.8, 4) is 22.8 Å². The van der Waals surface area contributed by atoms with Gasteiger partial charge in [0.15, 0.2) is 11.5 Å². The van der Waals surface area contributed by atoms with Crippen molar-refractivity contribution in [3.63, 3.8) is 0 Å². The van der Waals surface area contributed by atoms with E-state index in [1.807, 2.05) is 0 Å². The predicted octanol–water partition coefficient (Wildman–Crippen LogP) is 3.45. The summed E-state index contributed by atoms with van der Waals surface area (Å²) in [6, 6.07) is 7.88. The molecule has 0 saturated heterocycles. The second kappa shape index (κ2) is 10.2. The smallest absolute Gasteiger partial charge is 0.334 e. The number of phenols is 1. The van der Waals surface area contributed by atoms with Crippen LogP contribution in [-0.4, -0.2) is 41.4 Å². The Hall–Kier alpha value is -2.41. The summed E-state index contributed by atoms with van der Waals surface area (Å²) < 4.78 is 29.1. The summed E-state index contributed by atoms with van der Waals surface area (Å²) in [7, 11) is -1.69. The van der Waals surface area contributed by atoms with Crippen LogP contribution in [0, 0.1) is 0 Å². The number of benzene rings is 1. The summed E-state index contributed by atoms with van der Waals surface area (Å²) in [5.41, 5.74) is 0.900. The van der Waals surface area contributed by atoms with Gasteiger partial charge in [0.2, 0.25) is 0 Å². The van der Waals surface area contributed by atoms with Crippen LogP contribution >= 0.6 is 7.60 Å². The zero-order valence-corrected chi connectivity index (χ0v) is 17.1. The van der Waals surface area contributed by atoms with Crippen molar-refractivity contribution in [1.29, 1.82) is 0 Å². The van der Waals surface area contributed by atoms with Gasteiger partial charge in [-0.25, -0.2) is 4.68 Å². The van der Waals surface area contributed by atoms with Gasteiger partial charge in [-0.05, 0) is 38.1 Å². The number of rotatable bonds is 10. The van der Waals surface area contributed by atoms with Crippen LogP contribution < -0.4 is 10.3 Å². The SMILES string of the molecule is CCOP(=O)(C/C=C/Cn1nc(-c2ccc(OC)c(O)c2)ccc1=O)OCC. The molecule has 0 radical (unpaired) electrons. The highest BCUT2D eigenvalue weighted by atomic mass is 31.2. The number of aromatic hydroxyl groups is 1. The Balaban J connectivity index is 2.14. The molecule has 0 saturated carbocycles. The van der Waals surface area contributed by atoms with E-state index in [0.717, 1.165) is 0 Å². The van der Waals surface area contributed by atoms with Crippen LogP contribution in [0.4, 0.5) is 0 Å². The van der Waals surface area contributed by atoms with E-state index in [2.05, 4.69) is 5.10 Å². The summed E-state index contributed by atoms with van der Waals surface area (Å²) in [5.74, 6) is 0.343. The number of phenolic OH excluding ortho intramolecular Hbond substituents is 1. The van der Waals surface area contributed by atoms with E-state index in [1.165, 1.54) is 23.9 Å². The van der Waals surface area contributed by atoms with Gasteiger partial charge >= 0.3 is 7.60 Å². The van der Waals surface area contributed by atoms with Crippen molar-refractivity contribution in [3.05, 3.63) is 52.8 Å². The molecule has 1 aromatic heterocycles. The molecule has 0 aliphatic rings. The summed E-state index contributed by atoms with van der Waals surface area (Å²) in [6.07, 6.45) is 3.47. The topological polar surface area (TPSA) is 99.9 Å². The van der Waals surface area contributed by atoms with Crippen molar-refractivity contribution in [2.45, 2.75) is 20.4 Å². The Labute approximate surface area is 163 Å². The average molecular weight is 408 g/mol. The quantitative estimate of drug-likeness (QED) is 0.475. The standard InChI is InChI=1S/C19H25N2O6P/c1-4-26-28(24,27-5-2)13-7-6-12-21-19(23)11-9-16(20-21)15-8-10-18(25-3)17(22)14-15/h6-11,14,22H,4-5,12-13H2,1-3H3/b7-6+. The molecule has 0 unspecified atom stereocenters. The van der Waals surface area contributed by atoms with E-state index < -0.39 is 7.60 Å². The summed E-state index contributed by atoms with van der Waals surface area (Å²) in [6.45, 7) is 4.29. The lowest BCUT2D eigenvalue weighted by Gasteiger charge is -2.14. The molecule has 1 aromatic carbocycles. The number of aromatic nitrogens is 2. The van der Waals surface area contributed by atoms with Crippen LogP contribution in [0.3, 0.4) is 0 Å². The minimum absolute atomic E-state index is 0.0120. The highest BCUT2D eigenvalue weighted by molar-refractivity contribution is 7.54. The monoisotopic (exact) mass is 408 g/mol. The summed E-state index contributed by atoms with van der Waals surface area (Å²) in [4.78, 5) is 12.1. The maximum atomic E-state index is 12.4. The third kappa shape index (κ3) is 5.79. The molecule has 2 rings (SSSR count). The zero-order valence-electron chi connectivity index (χ0n) is 16.2. The molecule has 0 bridgehead atoms. The number of hydrogen-bond donors (Lipinski definition) is 1. The first-order valence-corrected chi connectivity index (χ1v) is 10.6. The lowest BCUT2D eigenvalue weighted by Crippen LogP contribution is -2.21. The van der Waals surface area contributed by atoms with Gasteiger partial charge in [-0.2, -0.15) is 5.10 Å². The molecule has 9 heteroatoms. The van der Waals surface area contributed by atoms with E-state index in [0.29, 0.717) is 30.2 Å². The van der Waals surface area contributed by atoms with Crippen LogP contribution in [-0.2, 0) is 20.2 Å². The van der Waals surface area contributed by atoms with Gasteiger partial charge in [-0.1, -0.05) is 12.2 Å². The fourth-order valence-electron chi connectivity index (χ4n) is 2.50. The summed E-state index contributed by atoms with van der Waals surface area (Å²) >= 11 is 0. The van der Waals surface area contributed by atoms with Crippen LogP contribution in [0.2, 0.25) is 0 Å². The Kier molecular flexibility index (Phi) is 7.99. The number of nitrogens with zero attached hydrogens (tertiary/aromatic N) is 2. The first-order valence-electron chi connectivity index (χ1n) is 8.91. The van der Waals surface area contributed by atoms with E-state index in [1.54, 1.807) is 44.2 Å². The lowest BCUT2D eigenvalue weighted by molar-refractivity contribution is 0.222. The minimum Gasteiger partial charge on any atom is -0.504 e. The molecule has 8 nitrogen and oxygen atoms in total. The van der Waals surface area contributed by atoms with Crippen molar-refractivity contribution in [2.75, 3.05) is 26.5 Å². The van der Waals surface area contributed by atoms with Gasteiger partial charge in [0.1, 0.15) is 0 Å². The van der Waals surface area contributed by atoms with Crippen molar-refractivity contribution in [2.24, 2.45) is 0 Å². The van der Waals surface area contributed by atoms with Crippen molar-refractivity contribution < 1.29 is 23.5 Å². The number of methoxy groups -OCH3 is 1. The number of allylic oxidation sites excluding steroid dienone is 2. The molecule has 0 atom stereocenters. The molecule has 0 spiro atoms. The Bertz CT molecular complexity index is 915. The molecule has 1 heterocycles. The third-order valence-corrected chi connectivity index (χ3v) is 5.73. The lowest BCUT2D eigenvalue weighted by atomic mass is 10.1. The van der Waals surface area contributed by atoms with E-state index in [-0.39, 0.29) is 24.0 Å². The highest BCUT2D eigenvalue weighted by Crippen LogP contribution is 2.47. The Morgan fingerprint density at radius 3 is 2.46 bits per heavy atom. The van der Waals surface area contributed by atoms with Gasteiger partial charge in [-0.3, -0.25) is 9.36 Å². The van der Waals surface area contributed by atoms with Gasteiger partial charge in [0, 0.05) is 11.6 Å². The largest absolute Gasteiger partial charge is 0.504 e. The summed E-state index contributed by atoms with van der Waals surface area (Å²) in [5, 5.41) is 14.2. The van der Waals surface area contributed by atoms with Crippen LogP contribution in [0.5, 0.6) is 11.5 Å². The van der Waals surface area contributed by atoms with Crippen molar-refractivity contribution >= 4 is 7.60 Å². The van der Waals surface area contributed by atoms with Gasteiger partial charge in [-0.15, -0.1) is 0 Å². The maximum Gasteiger partial charge on any atom is 0.334 e. The zero-order chi connectivity index (χ0) is 20.6. The Morgan fingerprint density at radius 1 is 1.14 bits per heavy atom. The minimum atomic E-state index is -3.16. The Morgan fingerprint density at radius 2 is 1.86 bits per heavy atom.